The fourth-order valence-electron chi connectivity index (χ4n) is 0.219. The number of rotatable bonds is 2. The molecule has 0 heterocycles. The van der Waals surface area contributed by atoms with Crippen molar-refractivity contribution in [1.82, 2.24) is 0 Å². The van der Waals surface area contributed by atoms with E-state index in [1.807, 2.05) is 0 Å². The van der Waals surface area contributed by atoms with Crippen molar-refractivity contribution in [1.29, 1.82) is 0 Å². The third-order valence-electron chi connectivity index (χ3n) is 0.627. The first-order valence-electron chi connectivity index (χ1n) is 2.12. The summed E-state index contributed by atoms with van der Waals surface area (Å²) in [6.07, 6.45) is 0.570. The predicted molar refractivity (Wildman–Crippen MR) is 29.7 cm³/mol. The number of halogens is 3. The normalized spacial score (nSPS) is 12.3. The fourth-order valence-corrected chi connectivity index (χ4v) is 0.219. The molecule has 0 bridgehead atoms. The van der Waals surface area contributed by atoms with Gasteiger partial charge in [0.25, 0.3) is 0 Å². The van der Waals surface area contributed by atoms with Crippen molar-refractivity contribution in [3.05, 3.63) is 36.7 Å². The molecule has 0 amide bonds. The van der Waals surface area contributed by atoms with Gasteiger partial charge in [-0.05, 0) is 6.08 Å². The van der Waals surface area contributed by atoms with E-state index in [0.717, 1.165) is 0 Å². The van der Waals surface area contributed by atoms with Crippen molar-refractivity contribution in [2.75, 3.05) is 0 Å². The highest BCUT2D eigenvalue weighted by Crippen LogP contribution is 2.16. The summed E-state index contributed by atoms with van der Waals surface area (Å²) in [4.78, 5) is 0. The molecule has 0 saturated heterocycles. The van der Waals surface area contributed by atoms with Gasteiger partial charge in [-0.15, -0.1) is 0 Å². The number of allylic oxidation sites excluding steroid dienone is 4. The van der Waals surface area contributed by atoms with Crippen molar-refractivity contribution >= 4 is 0 Å². The van der Waals surface area contributed by atoms with Gasteiger partial charge in [0.15, 0.2) is 17.5 Å². The van der Waals surface area contributed by atoms with Gasteiger partial charge in [0.2, 0.25) is 0 Å². The number of hydrogen-bond donors (Lipinski definition) is 0. The zero-order chi connectivity index (χ0) is 7.44. The van der Waals surface area contributed by atoms with Crippen LogP contribution in [0.1, 0.15) is 0 Å². The molecule has 9 heavy (non-hydrogen) atoms. The minimum Gasteiger partial charge on any atom is -0.204 e. The lowest BCUT2D eigenvalue weighted by Crippen LogP contribution is -1.75. The van der Waals surface area contributed by atoms with Crippen LogP contribution in [0.25, 0.3) is 0 Å². The Balaban J connectivity index is 4.47. The highest BCUT2D eigenvalue weighted by molar-refractivity contribution is 5.24. The van der Waals surface area contributed by atoms with Gasteiger partial charge in [-0.25, -0.2) is 13.2 Å². The maximum Gasteiger partial charge on any atom is 0.193 e. The SMILES string of the molecule is C=CC(F)=C(F)C(=C)F. The summed E-state index contributed by atoms with van der Waals surface area (Å²) in [6, 6.07) is 0. The Kier molecular flexibility index (Phi) is 2.78. The molecule has 0 fully saturated rings. The Morgan fingerprint density at radius 3 is 1.78 bits per heavy atom. The molecule has 0 aliphatic heterocycles. The molecule has 0 aromatic carbocycles. The average molecular weight is 134 g/mol. The van der Waals surface area contributed by atoms with Crippen LogP contribution in [0.3, 0.4) is 0 Å². The molecule has 0 spiro atoms. The van der Waals surface area contributed by atoms with Crippen molar-refractivity contribution in [3.63, 3.8) is 0 Å². The van der Waals surface area contributed by atoms with Crippen molar-refractivity contribution < 1.29 is 13.2 Å². The fraction of sp³-hybridized carbons (Fsp3) is 0. The second-order valence-electron chi connectivity index (χ2n) is 1.27. The predicted octanol–water partition coefficient (Wildman–Crippen LogP) is 2.81. The van der Waals surface area contributed by atoms with Gasteiger partial charge < -0.3 is 0 Å². The summed E-state index contributed by atoms with van der Waals surface area (Å²) in [5, 5.41) is 0. The summed E-state index contributed by atoms with van der Waals surface area (Å²) in [7, 11) is 0. The zero-order valence-corrected chi connectivity index (χ0v) is 4.63. The van der Waals surface area contributed by atoms with E-state index in [1.165, 1.54) is 0 Å². The molecule has 0 radical (unpaired) electrons. The molecular weight excluding hydrogens is 129 g/mol. The molecule has 3 heteroatoms. The van der Waals surface area contributed by atoms with Crippen LogP contribution < -0.4 is 0 Å². The second-order valence-corrected chi connectivity index (χ2v) is 1.27. The van der Waals surface area contributed by atoms with Crippen LogP contribution in [0.15, 0.2) is 36.7 Å². The van der Waals surface area contributed by atoms with E-state index in [4.69, 9.17) is 0 Å². The molecule has 0 saturated carbocycles. The molecule has 0 rings (SSSR count). The van der Waals surface area contributed by atoms with Gasteiger partial charge in [-0.1, -0.05) is 13.2 Å². The highest BCUT2D eigenvalue weighted by Gasteiger charge is 2.04. The molecule has 0 N–H and O–H groups in total. The van der Waals surface area contributed by atoms with Crippen LogP contribution in [-0.2, 0) is 0 Å². The standard InChI is InChI=1S/C6H5F3/c1-3-5(8)6(9)4(2)7/h3H,1-2H2. The zero-order valence-electron chi connectivity index (χ0n) is 4.63. The Morgan fingerprint density at radius 1 is 1.22 bits per heavy atom. The van der Waals surface area contributed by atoms with E-state index >= 15 is 0 Å². The molecule has 0 aromatic rings. The van der Waals surface area contributed by atoms with Crippen LogP contribution in [0.2, 0.25) is 0 Å². The number of hydrogen-bond acceptors (Lipinski definition) is 0. The van der Waals surface area contributed by atoms with Gasteiger partial charge in [0.05, 0.1) is 0 Å². The van der Waals surface area contributed by atoms with Crippen LogP contribution >= 0.6 is 0 Å². The summed E-state index contributed by atoms with van der Waals surface area (Å²) in [5.74, 6) is -4.35. The molecule has 0 aliphatic rings. The van der Waals surface area contributed by atoms with Gasteiger partial charge in [0.1, 0.15) is 0 Å². The van der Waals surface area contributed by atoms with Crippen LogP contribution in [0, 0.1) is 0 Å². The second kappa shape index (κ2) is 3.12. The average Bonchev–Trinajstić information content (AvgIpc) is 1.84. The first-order chi connectivity index (χ1) is 4.09. The maximum absolute atomic E-state index is 11.9. The lowest BCUT2D eigenvalue weighted by Gasteiger charge is -1.88. The van der Waals surface area contributed by atoms with E-state index in [9.17, 15) is 13.2 Å². The molecule has 0 nitrogen and oxygen atoms in total. The lowest BCUT2D eigenvalue weighted by atomic mass is 10.4. The Bertz CT molecular complexity index is 167. The van der Waals surface area contributed by atoms with E-state index in [1.54, 1.807) is 0 Å². The topological polar surface area (TPSA) is 0 Å². The van der Waals surface area contributed by atoms with E-state index in [2.05, 4.69) is 13.2 Å². The van der Waals surface area contributed by atoms with E-state index in [-0.39, 0.29) is 0 Å². The van der Waals surface area contributed by atoms with E-state index < -0.39 is 17.5 Å². The highest BCUT2D eigenvalue weighted by atomic mass is 19.2. The lowest BCUT2D eigenvalue weighted by molar-refractivity contribution is 0.506. The van der Waals surface area contributed by atoms with Gasteiger partial charge in [-0.3, -0.25) is 0 Å². The van der Waals surface area contributed by atoms with Gasteiger partial charge in [-0.2, -0.15) is 0 Å². The summed E-state index contributed by atoms with van der Waals surface area (Å²) >= 11 is 0. The Labute approximate surface area is 51.0 Å². The molecule has 0 aromatic heterocycles. The monoisotopic (exact) mass is 134 g/mol. The van der Waals surface area contributed by atoms with Gasteiger partial charge in [0, 0.05) is 0 Å². The minimum absolute atomic E-state index is 0.570. The van der Waals surface area contributed by atoms with Crippen molar-refractivity contribution in [2.24, 2.45) is 0 Å². The van der Waals surface area contributed by atoms with Crippen LogP contribution in [0.5, 0.6) is 0 Å². The third-order valence-corrected chi connectivity index (χ3v) is 0.627. The minimum atomic E-state index is -1.59. The maximum atomic E-state index is 11.9. The summed E-state index contributed by atoms with van der Waals surface area (Å²) in [6.45, 7) is 5.42. The van der Waals surface area contributed by atoms with E-state index in [0.29, 0.717) is 6.08 Å². The van der Waals surface area contributed by atoms with Crippen LogP contribution in [-0.4, -0.2) is 0 Å². The smallest absolute Gasteiger partial charge is 0.193 e. The van der Waals surface area contributed by atoms with Crippen molar-refractivity contribution in [3.8, 4) is 0 Å². The van der Waals surface area contributed by atoms with Gasteiger partial charge >= 0.3 is 0 Å². The first-order valence-corrected chi connectivity index (χ1v) is 2.12. The largest absolute Gasteiger partial charge is 0.204 e. The summed E-state index contributed by atoms with van der Waals surface area (Å²) in [5.41, 5.74) is 0. The molecular formula is C6H5F3. The van der Waals surface area contributed by atoms with Crippen LogP contribution in [0.4, 0.5) is 13.2 Å². The first kappa shape index (κ1) is 8.01. The quantitative estimate of drug-likeness (QED) is 0.509. The molecule has 0 atom stereocenters. The summed E-state index contributed by atoms with van der Waals surface area (Å²) < 4.78 is 35.4. The van der Waals surface area contributed by atoms with Crippen molar-refractivity contribution in [2.45, 2.75) is 0 Å². The molecule has 0 unspecified atom stereocenters. The molecule has 50 valence electrons. The Hall–Kier alpha value is -0.990. The third kappa shape index (κ3) is 2.17. The Morgan fingerprint density at radius 2 is 1.67 bits per heavy atom. The molecule has 0 aliphatic carbocycles.